The molecule has 0 aliphatic heterocycles. The molecule has 0 unspecified atom stereocenters. The van der Waals surface area contributed by atoms with Crippen LogP contribution in [-0.4, -0.2) is 16.9 Å². The first kappa shape index (κ1) is 18.1. The molecule has 0 spiro atoms. The molecule has 0 amide bonds. The van der Waals surface area contributed by atoms with Gasteiger partial charge in [-0.2, -0.15) is 0 Å². The Morgan fingerprint density at radius 3 is 2.38 bits per heavy atom. The van der Waals surface area contributed by atoms with Gasteiger partial charge in [0.25, 0.3) is 0 Å². The average Bonchev–Trinajstić information content (AvgIpc) is 2.61. The van der Waals surface area contributed by atoms with Gasteiger partial charge in [0.1, 0.15) is 0 Å². The van der Waals surface area contributed by atoms with E-state index in [9.17, 15) is 0 Å². The maximum absolute atomic E-state index is 8.63. The Labute approximate surface area is 154 Å². The highest BCUT2D eigenvalue weighted by molar-refractivity contribution is 6.24. The molecule has 5 heteroatoms. The summed E-state index contributed by atoms with van der Waals surface area (Å²) in [6.45, 7) is 6.04. The fourth-order valence-electron chi connectivity index (χ4n) is 3.73. The van der Waals surface area contributed by atoms with E-state index in [4.69, 9.17) is 27.3 Å². The van der Waals surface area contributed by atoms with E-state index in [1.807, 2.05) is 26.8 Å². The monoisotopic (exact) mass is 349 g/mol. The van der Waals surface area contributed by atoms with Gasteiger partial charge in [-0.3, -0.25) is 0 Å². The van der Waals surface area contributed by atoms with E-state index in [2.05, 4.69) is 0 Å². The molecule has 0 atom stereocenters. The van der Waals surface area contributed by atoms with Gasteiger partial charge in [-0.1, -0.05) is 20.8 Å². The molecule has 1 aliphatic rings. The van der Waals surface area contributed by atoms with Gasteiger partial charge in [0.05, 0.1) is 11.2 Å². The molecule has 0 radical (unpaired) electrons. The number of hydrogen-bond donors (Lipinski definition) is 4. The van der Waals surface area contributed by atoms with Gasteiger partial charge in [0.15, 0.2) is 0 Å². The number of hydrogen-bond acceptors (Lipinski definition) is 5. The predicted octanol–water partition coefficient (Wildman–Crippen LogP) is 4.06. The smallest absolute Gasteiger partial charge is 0.0777 e. The van der Waals surface area contributed by atoms with Crippen molar-refractivity contribution in [3.05, 3.63) is 40.7 Å². The summed E-state index contributed by atoms with van der Waals surface area (Å²) in [5, 5.41) is 17.4. The van der Waals surface area contributed by atoms with E-state index in [0.29, 0.717) is 17.0 Å². The van der Waals surface area contributed by atoms with Crippen molar-refractivity contribution in [2.24, 2.45) is 11.1 Å². The van der Waals surface area contributed by atoms with Gasteiger partial charge >= 0.3 is 0 Å². The summed E-state index contributed by atoms with van der Waals surface area (Å²) in [5.41, 5.74) is 18.3. The van der Waals surface area contributed by atoms with E-state index in [1.54, 1.807) is 6.07 Å². The number of nitrogens with one attached hydrogen (secondary N) is 2. The highest BCUT2D eigenvalue weighted by atomic mass is 14.7. The summed E-state index contributed by atoms with van der Waals surface area (Å²) in [4.78, 5) is 4.90. The maximum Gasteiger partial charge on any atom is 0.0777 e. The van der Waals surface area contributed by atoms with Crippen LogP contribution in [0.2, 0.25) is 0 Å². The van der Waals surface area contributed by atoms with Gasteiger partial charge in [0, 0.05) is 45.8 Å². The average molecular weight is 349 g/mol. The second kappa shape index (κ2) is 6.56. The van der Waals surface area contributed by atoms with Crippen molar-refractivity contribution in [2.45, 2.75) is 46.5 Å². The Morgan fingerprint density at radius 1 is 1.15 bits per heavy atom. The zero-order valence-corrected chi connectivity index (χ0v) is 15.7. The van der Waals surface area contributed by atoms with Gasteiger partial charge in [-0.05, 0) is 48.9 Å². The van der Waals surface area contributed by atoms with Crippen LogP contribution in [0.5, 0.6) is 0 Å². The van der Waals surface area contributed by atoms with Crippen molar-refractivity contribution in [3.8, 4) is 0 Å². The second-order valence-corrected chi connectivity index (χ2v) is 7.94. The quantitative estimate of drug-likeness (QED) is 0.495. The minimum absolute atomic E-state index is 0.315. The first-order valence-electron chi connectivity index (χ1n) is 9.05. The fourth-order valence-corrected chi connectivity index (χ4v) is 3.73. The normalized spacial score (nSPS) is 15.0. The van der Waals surface area contributed by atoms with Crippen LogP contribution >= 0.6 is 0 Å². The third-order valence-corrected chi connectivity index (χ3v) is 5.13. The summed E-state index contributed by atoms with van der Waals surface area (Å²) >= 11 is 0. The van der Waals surface area contributed by atoms with Crippen molar-refractivity contribution in [1.29, 1.82) is 10.8 Å². The number of fused-ring (bicyclic) bond motifs is 3. The molecule has 1 aliphatic carbocycles. The molecule has 26 heavy (non-hydrogen) atoms. The lowest BCUT2D eigenvalue weighted by Crippen LogP contribution is -2.23. The first-order chi connectivity index (χ1) is 12.3. The Bertz CT molecular complexity index is 932. The van der Waals surface area contributed by atoms with Crippen molar-refractivity contribution in [2.75, 3.05) is 5.73 Å². The van der Waals surface area contributed by atoms with Gasteiger partial charge < -0.3 is 22.3 Å². The fraction of sp³-hybridized carbons (Fsp3) is 0.381. The van der Waals surface area contributed by atoms with Gasteiger partial charge in [-0.25, -0.2) is 4.98 Å². The Kier molecular flexibility index (Phi) is 4.57. The minimum atomic E-state index is -0.315. The van der Waals surface area contributed by atoms with Gasteiger partial charge in [0.2, 0.25) is 0 Å². The highest BCUT2D eigenvalue weighted by Crippen LogP contribution is 2.37. The molecule has 1 aromatic carbocycles. The van der Waals surface area contributed by atoms with Crippen LogP contribution in [0.25, 0.3) is 16.5 Å². The van der Waals surface area contributed by atoms with Crippen molar-refractivity contribution < 1.29 is 0 Å². The SMILES string of the molecule is CC(C)(C)C(=N)/C(=C\N)c1nc2ccc(N)c(C=N)c2c2c1CCCC2. The number of nitrogen functional groups attached to an aromatic ring is 1. The minimum Gasteiger partial charge on any atom is -0.404 e. The number of pyridine rings is 1. The van der Waals surface area contributed by atoms with E-state index >= 15 is 0 Å². The molecule has 0 bridgehead atoms. The van der Waals surface area contributed by atoms with Crippen LogP contribution in [0.3, 0.4) is 0 Å². The molecule has 5 nitrogen and oxygen atoms in total. The number of anilines is 1. The van der Waals surface area contributed by atoms with Crippen molar-refractivity contribution in [1.82, 2.24) is 4.98 Å². The van der Waals surface area contributed by atoms with Crippen molar-refractivity contribution in [3.63, 3.8) is 0 Å². The predicted molar refractivity (Wildman–Crippen MR) is 110 cm³/mol. The summed E-state index contributed by atoms with van der Waals surface area (Å²) in [5.74, 6) is 0. The summed E-state index contributed by atoms with van der Waals surface area (Å²) in [6.07, 6.45) is 6.89. The van der Waals surface area contributed by atoms with E-state index in [-0.39, 0.29) is 5.41 Å². The number of nitrogens with two attached hydrogens (primary N) is 2. The lowest BCUT2D eigenvalue weighted by molar-refractivity contribution is 0.592. The standard InChI is InChI=1S/C21H27N5/c1-21(2,3)20(25)15(11-23)19-13-7-5-4-6-12(13)18-14(10-22)16(24)8-9-17(18)26-19/h8-11,22,25H,4-7,23-24H2,1-3H3/b15-11-,22-10?,25-20?. The number of nitrogens with zero attached hydrogens (tertiary/aromatic N) is 1. The summed E-state index contributed by atoms with van der Waals surface area (Å²) in [6, 6.07) is 3.71. The topological polar surface area (TPSA) is 113 Å². The highest BCUT2D eigenvalue weighted by Gasteiger charge is 2.27. The zero-order chi connectivity index (χ0) is 19.1. The molecule has 0 saturated heterocycles. The maximum atomic E-state index is 8.63. The van der Waals surface area contributed by atoms with Gasteiger partial charge in [-0.15, -0.1) is 0 Å². The molecule has 2 aromatic rings. The third-order valence-electron chi connectivity index (χ3n) is 5.13. The van der Waals surface area contributed by atoms with Crippen LogP contribution in [0.1, 0.15) is 56.0 Å². The number of benzene rings is 1. The number of rotatable bonds is 3. The molecule has 0 saturated carbocycles. The molecule has 3 rings (SSSR count). The Morgan fingerprint density at radius 2 is 1.81 bits per heavy atom. The molecule has 1 aromatic heterocycles. The second-order valence-electron chi connectivity index (χ2n) is 7.94. The van der Waals surface area contributed by atoms with Crippen LogP contribution in [0.4, 0.5) is 5.69 Å². The van der Waals surface area contributed by atoms with E-state index in [1.165, 1.54) is 18.0 Å². The van der Waals surface area contributed by atoms with E-state index in [0.717, 1.165) is 53.4 Å². The largest absolute Gasteiger partial charge is 0.404 e. The van der Waals surface area contributed by atoms with Crippen molar-refractivity contribution >= 4 is 34.1 Å². The molecule has 6 N–H and O–H groups in total. The lowest BCUT2D eigenvalue weighted by Gasteiger charge is -2.27. The number of aromatic nitrogens is 1. The Hall–Kier alpha value is -2.69. The first-order valence-corrected chi connectivity index (χ1v) is 9.05. The molecular formula is C21H27N5. The van der Waals surface area contributed by atoms with Crippen LogP contribution < -0.4 is 11.5 Å². The molecular weight excluding hydrogens is 322 g/mol. The molecule has 136 valence electrons. The zero-order valence-electron chi connectivity index (χ0n) is 15.7. The van der Waals surface area contributed by atoms with Crippen LogP contribution in [0.15, 0.2) is 18.3 Å². The Balaban J connectivity index is 2.37. The summed E-state index contributed by atoms with van der Waals surface area (Å²) < 4.78 is 0. The van der Waals surface area contributed by atoms with Crippen LogP contribution in [0, 0.1) is 16.2 Å². The molecule has 0 fully saturated rings. The number of allylic oxidation sites excluding steroid dienone is 1. The van der Waals surface area contributed by atoms with E-state index < -0.39 is 0 Å². The third kappa shape index (κ3) is 2.87. The molecule has 1 heterocycles. The number of aryl methyl sites for hydroxylation is 1. The lowest BCUT2D eigenvalue weighted by atomic mass is 9.80. The summed E-state index contributed by atoms with van der Waals surface area (Å²) in [7, 11) is 0. The van der Waals surface area contributed by atoms with Crippen LogP contribution in [-0.2, 0) is 12.8 Å².